The van der Waals surface area contributed by atoms with E-state index in [0.717, 1.165) is 0 Å². The Labute approximate surface area is 82.3 Å². The van der Waals surface area contributed by atoms with Crippen LogP contribution in [0.3, 0.4) is 0 Å². The number of hydrogen-bond acceptors (Lipinski definition) is 4. The van der Waals surface area contributed by atoms with Gasteiger partial charge in [0, 0.05) is 25.8 Å². The predicted molar refractivity (Wildman–Crippen MR) is 52.0 cm³/mol. The van der Waals surface area contributed by atoms with E-state index in [4.69, 9.17) is 5.11 Å². The zero-order valence-electron chi connectivity index (χ0n) is 7.41. The Morgan fingerprint density at radius 2 is 2.08 bits per heavy atom. The summed E-state index contributed by atoms with van der Waals surface area (Å²) in [5, 5.41) is 13.9. The molecule has 0 aromatic rings. The average Bonchev–Trinajstić information content (AvgIpc) is 2.03. The lowest BCUT2D eigenvalue weighted by atomic mass is 10.3. The van der Waals surface area contributed by atoms with E-state index >= 15 is 0 Å². The first-order valence-corrected chi connectivity index (χ1v) is 4.52. The number of carboxylic acid groups (broad SMARTS) is 1. The van der Waals surface area contributed by atoms with Crippen LogP contribution in [0.15, 0.2) is 0 Å². The third-order valence-corrected chi connectivity index (χ3v) is 1.74. The second-order valence-electron chi connectivity index (χ2n) is 2.51. The van der Waals surface area contributed by atoms with Crippen molar-refractivity contribution in [1.82, 2.24) is 10.6 Å². The molecule has 6 heteroatoms. The largest absolute Gasteiger partial charge is 0.480 e. The van der Waals surface area contributed by atoms with Crippen LogP contribution in [0.1, 0.15) is 6.92 Å². The summed E-state index contributed by atoms with van der Waals surface area (Å²) < 4.78 is 0. The van der Waals surface area contributed by atoms with Gasteiger partial charge in [-0.05, 0) is 0 Å². The Hall–Kier alpha value is -0.750. The molecule has 0 radical (unpaired) electrons. The molecule has 0 saturated carbocycles. The molecular formula is C7H14N2O3S. The van der Waals surface area contributed by atoms with Crippen molar-refractivity contribution in [3.63, 3.8) is 0 Å². The molecule has 3 N–H and O–H groups in total. The van der Waals surface area contributed by atoms with Gasteiger partial charge in [-0.3, -0.25) is 9.59 Å². The van der Waals surface area contributed by atoms with Crippen molar-refractivity contribution in [3.8, 4) is 0 Å². The van der Waals surface area contributed by atoms with Crippen molar-refractivity contribution in [3.05, 3.63) is 0 Å². The van der Waals surface area contributed by atoms with Crippen molar-refractivity contribution in [2.24, 2.45) is 0 Å². The minimum Gasteiger partial charge on any atom is -0.480 e. The molecule has 0 aliphatic heterocycles. The van der Waals surface area contributed by atoms with Crippen LogP contribution in [-0.4, -0.2) is 41.9 Å². The van der Waals surface area contributed by atoms with Crippen molar-refractivity contribution in [2.45, 2.75) is 13.0 Å². The molecule has 0 aliphatic rings. The van der Waals surface area contributed by atoms with E-state index in [1.54, 1.807) is 0 Å². The molecule has 0 heterocycles. The van der Waals surface area contributed by atoms with Crippen LogP contribution < -0.4 is 10.6 Å². The second kappa shape index (κ2) is 6.73. The van der Waals surface area contributed by atoms with Gasteiger partial charge in [0.15, 0.2) is 0 Å². The Balaban J connectivity index is 3.50. The molecule has 0 fully saturated rings. The van der Waals surface area contributed by atoms with Gasteiger partial charge in [0.25, 0.3) is 0 Å². The SMILES string of the molecule is CC(=O)NCCN[C@@H](CS)C(=O)O. The number of carboxylic acids is 1. The molecule has 0 aromatic carbocycles. The van der Waals surface area contributed by atoms with Crippen molar-refractivity contribution in [2.75, 3.05) is 18.8 Å². The molecule has 0 spiro atoms. The van der Waals surface area contributed by atoms with Crippen LogP contribution >= 0.6 is 12.6 Å². The summed E-state index contributed by atoms with van der Waals surface area (Å²) >= 11 is 3.87. The molecular weight excluding hydrogens is 192 g/mol. The molecule has 0 aliphatic carbocycles. The summed E-state index contributed by atoms with van der Waals surface area (Å²) in [5.41, 5.74) is 0. The zero-order chi connectivity index (χ0) is 10.3. The first kappa shape index (κ1) is 12.2. The lowest BCUT2D eigenvalue weighted by Gasteiger charge is -2.11. The van der Waals surface area contributed by atoms with Crippen LogP contribution in [-0.2, 0) is 9.59 Å². The molecule has 1 amide bonds. The van der Waals surface area contributed by atoms with Crippen LogP contribution in [0.2, 0.25) is 0 Å². The Morgan fingerprint density at radius 3 is 2.46 bits per heavy atom. The van der Waals surface area contributed by atoms with E-state index in [1.807, 2.05) is 0 Å². The Kier molecular flexibility index (Phi) is 6.34. The molecule has 13 heavy (non-hydrogen) atoms. The number of thiol groups is 1. The van der Waals surface area contributed by atoms with Crippen LogP contribution in [0.25, 0.3) is 0 Å². The van der Waals surface area contributed by atoms with Crippen molar-refractivity contribution in [1.29, 1.82) is 0 Å². The van der Waals surface area contributed by atoms with E-state index < -0.39 is 12.0 Å². The number of carbonyl (C=O) groups is 2. The summed E-state index contributed by atoms with van der Waals surface area (Å²) in [7, 11) is 0. The summed E-state index contributed by atoms with van der Waals surface area (Å²) in [6.45, 7) is 2.26. The number of carbonyl (C=O) groups excluding carboxylic acids is 1. The Bertz CT molecular complexity index is 187. The maximum atomic E-state index is 10.5. The molecule has 0 rings (SSSR count). The highest BCUT2D eigenvalue weighted by Crippen LogP contribution is 1.86. The zero-order valence-corrected chi connectivity index (χ0v) is 8.30. The van der Waals surface area contributed by atoms with Gasteiger partial charge in [-0.25, -0.2) is 0 Å². The quantitative estimate of drug-likeness (QED) is 0.335. The topological polar surface area (TPSA) is 78.4 Å². The van der Waals surface area contributed by atoms with Crippen molar-refractivity contribution < 1.29 is 14.7 Å². The van der Waals surface area contributed by atoms with Gasteiger partial charge < -0.3 is 15.7 Å². The highest BCUT2D eigenvalue weighted by Gasteiger charge is 2.13. The number of amides is 1. The van der Waals surface area contributed by atoms with Crippen molar-refractivity contribution >= 4 is 24.5 Å². The number of hydrogen-bond donors (Lipinski definition) is 4. The van der Waals surface area contributed by atoms with Crippen LogP contribution in [0.5, 0.6) is 0 Å². The van der Waals surface area contributed by atoms with Gasteiger partial charge in [-0.15, -0.1) is 0 Å². The first-order chi connectivity index (χ1) is 6.07. The molecule has 5 nitrogen and oxygen atoms in total. The molecule has 0 saturated heterocycles. The van der Waals surface area contributed by atoms with E-state index in [0.29, 0.717) is 13.1 Å². The average molecular weight is 206 g/mol. The summed E-state index contributed by atoms with van der Waals surface area (Å²) in [4.78, 5) is 20.9. The predicted octanol–water partition coefficient (Wildman–Crippen LogP) is -0.905. The lowest BCUT2D eigenvalue weighted by Crippen LogP contribution is -2.42. The minimum absolute atomic E-state index is 0.125. The fraction of sp³-hybridized carbons (Fsp3) is 0.714. The minimum atomic E-state index is -0.933. The van der Waals surface area contributed by atoms with Gasteiger partial charge in [0.05, 0.1) is 0 Å². The normalized spacial score (nSPS) is 12.2. The summed E-state index contributed by atoms with van der Waals surface area (Å²) in [6, 6.07) is -0.655. The maximum absolute atomic E-state index is 10.5. The maximum Gasteiger partial charge on any atom is 0.321 e. The number of nitrogens with one attached hydrogen (secondary N) is 2. The van der Waals surface area contributed by atoms with Crippen LogP contribution in [0, 0.1) is 0 Å². The van der Waals surface area contributed by atoms with E-state index in [2.05, 4.69) is 23.3 Å². The van der Waals surface area contributed by atoms with E-state index in [-0.39, 0.29) is 11.7 Å². The van der Waals surface area contributed by atoms with E-state index in [9.17, 15) is 9.59 Å². The van der Waals surface area contributed by atoms with Gasteiger partial charge >= 0.3 is 5.97 Å². The smallest absolute Gasteiger partial charge is 0.321 e. The van der Waals surface area contributed by atoms with Crippen LogP contribution in [0.4, 0.5) is 0 Å². The molecule has 0 aromatic heterocycles. The Morgan fingerprint density at radius 1 is 1.46 bits per heavy atom. The van der Waals surface area contributed by atoms with Gasteiger partial charge in [-0.1, -0.05) is 0 Å². The fourth-order valence-corrected chi connectivity index (χ4v) is 1.00. The lowest BCUT2D eigenvalue weighted by molar-refractivity contribution is -0.138. The highest BCUT2D eigenvalue weighted by atomic mass is 32.1. The molecule has 0 unspecified atom stereocenters. The highest BCUT2D eigenvalue weighted by molar-refractivity contribution is 7.80. The van der Waals surface area contributed by atoms with Gasteiger partial charge in [-0.2, -0.15) is 12.6 Å². The summed E-state index contributed by atoms with van der Waals surface area (Å²) in [6.07, 6.45) is 0. The molecule has 76 valence electrons. The number of aliphatic carboxylic acids is 1. The third-order valence-electron chi connectivity index (χ3n) is 1.37. The molecule has 1 atom stereocenters. The van der Waals surface area contributed by atoms with E-state index in [1.165, 1.54) is 6.92 Å². The molecule has 0 bridgehead atoms. The first-order valence-electron chi connectivity index (χ1n) is 3.89. The third kappa shape index (κ3) is 6.41. The monoisotopic (exact) mass is 206 g/mol. The van der Waals surface area contributed by atoms with Gasteiger partial charge in [0.2, 0.25) is 5.91 Å². The fourth-order valence-electron chi connectivity index (χ4n) is 0.715. The number of rotatable bonds is 6. The second-order valence-corrected chi connectivity index (χ2v) is 2.88. The standard InChI is InChI=1S/C7H14N2O3S/c1-5(10)8-2-3-9-6(4-13)7(11)12/h6,9,13H,2-4H2,1H3,(H,8,10)(H,11,12)/t6-/m0/s1. The van der Waals surface area contributed by atoms with Gasteiger partial charge in [0.1, 0.15) is 6.04 Å². The summed E-state index contributed by atoms with van der Waals surface area (Å²) in [5.74, 6) is -0.826.